The summed E-state index contributed by atoms with van der Waals surface area (Å²) in [4.78, 5) is 12.9. The minimum absolute atomic E-state index is 0.0163. The molecule has 0 radical (unpaired) electrons. The molecule has 1 aliphatic rings. The van der Waals surface area contributed by atoms with E-state index in [1.807, 2.05) is 6.07 Å². The van der Waals surface area contributed by atoms with E-state index in [1.54, 1.807) is 42.5 Å². The molecular formula is C18H11ClN4O3. The first kappa shape index (κ1) is 16.0. The minimum Gasteiger partial charge on any atom is -0.454 e. The van der Waals surface area contributed by atoms with Gasteiger partial charge < -0.3 is 15.2 Å². The summed E-state index contributed by atoms with van der Waals surface area (Å²) < 4.78 is 11.9. The Kier molecular flexibility index (Phi) is 3.75. The van der Waals surface area contributed by atoms with E-state index in [1.165, 1.54) is 4.68 Å². The molecule has 0 unspecified atom stereocenters. The molecule has 2 N–H and O–H groups in total. The molecule has 8 heteroatoms. The van der Waals surface area contributed by atoms with Gasteiger partial charge in [0.05, 0.1) is 5.69 Å². The van der Waals surface area contributed by atoms with Crippen LogP contribution in [0.4, 0.5) is 5.82 Å². The largest absolute Gasteiger partial charge is 0.454 e. The first-order chi connectivity index (χ1) is 12.6. The average molecular weight is 367 g/mol. The standard InChI is InChI=1S/C18H11ClN4O3/c19-11-2-4-12(5-3-11)23-18(21)13(8-20)16(22-23)17(24)10-1-6-14-15(7-10)26-9-25-14/h1-7H,9,21H2. The van der Waals surface area contributed by atoms with Crippen molar-refractivity contribution in [3.8, 4) is 23.3 Å². The highest BCUT2D eigenvalue weighted by molar-refractivity contribution is 6.30. The van der Waals surface area contributed by atoms with Crippen LogP contribution in [-0.2, 0) is 0 Å². The van der Waals surface area contributed by atoms with Gasteiger partial charge in [0.2, 0.25) is 12.6 Å². The molecule has 0 saturated heterocycles. The van der Waals surface area contributed by atoms with Crippen LogP contribution in [-0.4, -0.2) is 22.4 Å². The highest BCUT2D eigenvalue weighted by atomic mass is 35.5. The Balaban J connectivity index is 1.79. The molecule has 26 heavy (non-hydrogen) atoms. The van der Waals surface area contributed by atoms with Gasteiger partial charge in [0.15, 0.2) is 17.2 Å². The predicted octanol–water partition coefficient (Wildman–Crippen LogP) is 2.94. The fraction of sp³-hybridized carbons (Fsp3) is 0.0556. The summed E-state index contributed by atoms with van der Waals surface area (Å²) >= 11 is 5.89. The first-order valence-corrected chi connectivity index (χ1v) is 7.95. The summed E-state index contributed by atoms with van der Waals surface area (Å²) in [5.41, 5.74) is 6.94. The zero-order valence-corrected chi connectivity index (χ0v) is 14.0. The lowest BCUT2D eigenvalue weighted by molar-refractivity contribution is 0.103. The Bertz CT molecular complexity index is 1070. The van der Waals surface area contributed by atoms with Gasteiger partial charge in [0, 0.05) is 10.6 Å². The molecule has 0 spiro atoms. The number of carbonyl (C=O) groups excluding carboxylic acids is 1. The van der Waals surface area contributed by atoms with Gasteiger partial charge in [-0.1, -0.05) is 11.6 Å². The van der Waals surface area contributed by atoms with Crippen LogP contribution in [0.15, 0.2) is 42.5 Å². The molecule has 1 aliphatic heterocycles. The second-order valence-corrected chi connectivity index (χ2v) is 5.94. The zero-order valence-electron chi connectivity index (χ0n) is 13.3. The summed E-state index contributed by atoms with van der Waals surface area (Å²) in [6, 6.07) is 13.5. The van der Waals surface area contributed by atoms with Crippen molar-refractivity contribution >= 4 is 23.2 Å². The monoisotopic (exact) mass is 366 g/mol. The van der Waals surface area contributed by atoms with Crippen molar-refractivity contribution in [3.05, 3.63) is 64.3 Å². The van der Waals surface area contributed by atoms with Crippen molar-refractivity contribution in [2.75, 3.05) is 12.5 Å². The summed E-state index contributed by atoms with van der Waals surface area (Å²) in [6.07, 6.45) is 0. The Morgan fingerprint density at radius 2 is 1.92 bits per heavy atom. The highest BCUT2D eigenvalue weighted by Crippen LogP contribution is 2.33. The number of hydrogen-bond donors (Lipinski definition) is 1. The summed E-state index contributed by atoms with van der Waals surface area (Å²) in [6.45, 7) is 0.106. The van der Waals surface area contributed by atoms with Crippen molar-refractivity contribution in [3.63, 3.8) is 0 Å². The number of aromatic nitrogens is 2. The third-order valence-corrected chi connectivity index (χ3v) is 4.21. The van der Waals surface area contributed by atoms with Crippen LogP contribution in [0, 0.1) is 11.3 Å². The van der Waals surface area contributed by atoms with Gasteiger partial charge in [-0.05, 0) is 42.5 Å². The smallest absolute Gasteiger partial charge is 0.231 e. The van der Waals surface area contributed by atoms with Crippen LogP contribution in [0.5, 0.6) is 11.5 Å². The van der Waals surface area contributed by atoms with Gasteiger partial charge in [-0.15, -0.1) is 0 Å². The van der Waals surface area contributed by atoms with E-state index in [0.29, 0.717) is 27.8 Å². The third-order valence-electron chi connectivity index (χ3n) is 3.95. The Morgan fingerprint density at radius 3 is 2.65 bits per heavy atom. The van der Waals surface area contributed by atoms with E-state index < -0.39 is 5.78 Å². The molecule has 0 atom stereocenters. The van der Waals surface area contributed by atoms with Gasteiger partial charge in [-0.3, -0.25) is 4.79 Å². The summed E-state index contributed by atoms with van der Waals surface area (Å²) in [7, 11) is 0. The first-order valence-electron chi connectivity index (χ1n) is 7.57. The maximum Gasteiger partial charge on any atom is 0.231 e. The number of rotatable bonds is 3. The molecule has 128 valence electrons. The van der Waals surface area contributed by atoms with Crippen molar-refractivity contribution < 1.29 is 14.3 Å². The molecule has 2 heterocycles. The van der Waals surface area contributed by atoms with Crippen molar-refractivity contribution in [1.29, 1.82) is 5.26 Å². The molecule has 0 bridgehead atoms. The summed E-state index contributed by atoms with van der Waals surface area (Å²) in [5, 5.41) is 14.3. The fourth-order valence-corrected chi connectivity index (χ4v) is 2.78. The van der Waals surface area contributed by atoms with E-state index in [9.17, 15) is 10.1 Å². The molecule has 2 aromatic carbocycles. The molecule has 0 aliphatic carbocycles. The molecule has 7 nitrogen and oxygen atoms in total. The van der Waals surface area contributed by atoms with E-state index in [4.69, 9.17) is 26.8 Å². The third kappa shape index (κ3) is 2.53. The maximum absolute atomic E-state index is 12.9. The molecule has 0 saturated carbocycles. The van der Waals surface area contributed by atoms with E-state index in [2.05, 4.69) is 5.10 Å². The molecule has 0 fully saturated rings. The normalized spacial score (nSPS) is 12.0. The average Bonchev–Trinajstić information content (AvgIpc) is 3.25. The van der Waals surface area contributed by atoms with Gasteiger partial charge in [0.1, 0.15) is 17.5 Å². The lowest BCUT2D eigenvalue weighted by atomic mass is 10.0. The Morgan fingerprint density at radius 1 is 1.19 bits per heavy atom. The maximum atomic E-state index is 12.9. The molecular weight excluding hydrogens is 356 g/mol. The Labute approximate surface area is 153 Å². The number of nitrogens with two attached hydrogens (primary N) is 1. The zero-order chi connectivity index (χ0) is 18.3. The second-order valence-electron chi connectivity index (χ2n) is 5.51. The molecule has 3 aromatic rings. The number of anilines is 1. The molecule has 0 amide bonds. The number of nitriles is 1. The number of ether oxygens (including phenoxy) is 2. The van der Waals surface area contributed by atoms with Crippen LogP contribution in [0.3, 0.4) is 0 Å². The van der Waals surface area contributed by atoms with Gasteiger partial charge in [0.25, 0.3) is 0 Å². The number of carbonyl (C=O) groups is 1. The number of nitrogens with zero attached hydrogens (tertiary/aromatic N) is 3. The van der Waals surface area contributed by atoms with Crippen LogP contribution in [0.2, 0.25) is 5.02 Å². The number of benzene rings is 2. The van der Waals surface area contributed by atoms with Gasteiger partial charge in [-0.25, -0.2) is 4.68 Å². The van der Waals surface area contributed by atoms with Crippen molar-refractivity contribution in [2.45, 2.75) is 0 Å². The van der Waals surface area contributed by atoms with Crippen molar-refractivity contribution in [1.82, 2.24) is 9.78 Å². The van der Waals surface area contributed by atoms with Crippen LogP contribution in [0.25, 0.3) is 5.69 Å². The lowest BCUT2D eigenvalue weighted by Gasteiger charge is -2.03. The number of hydrogen-bond acceptors (Lipinski definition) is 6. The van der Waals surface area contributed by atoms with E-state index in [0.717, 1.165) is 0 Å². The van der Waals surface area contributed by atoms with Crippen LogP contribution < -0.4 is 15.2 Å². The minimum atomic E-state index is -0.431. The number of halogens is 1. The number of nitrogen functional groups attached to an aromatic ring is 1. The van der Waals surface area contributed by atoms with Crippen LogP contribution in [0.1, 0.15) is 21.6 Å². The highest BCUT2D eigenvalue weighted by Gasteiger charge is 2.25. The van der Waals surface area contributed by atoms with Crippen LogP contribution >= 0.6 is 11.6 Å². The topological polar surface area (TPSA) is 103 Å². The number of ketones is 1. The fourth-order valence-electron chi connectivity index (χ4n) is 2.65. The predicted molar refractivity (Wildman–Crippen MR) is 93.7 cm³/mol. The second kappa shape index (κ2) is 6.10. The van der Waals surface area contributed by atoms with Crippen molar-refractivity contribution in [2.24, 2.45) is 0 Å². The quantitative estimate of drug-likeness (QED) is 0.715. The van der Waals surface area contributed by atoms with E-state index in [-0.39, 0.29) is 23.9 Å². The van der Waals surface area contributed by atoms with Gasteiger partial charge >= 0.3 is 0 Å². The Hall–Kier alpha value is -3.50. The SMILES string of the molecule is N#Cc1c(C(=O)c2ccc3c(c2)OCO3)nn(-c2ccc(Cl)cc2)c1N. The van der Waals surface area contributed by atoms with E-state index >= 15 is 0 Å². The molecule has 4 rings (SSSR count). The summed E-state index contributed by atoms with van der Waals surface area (Å²) in [5.74, 6) is 0.686. The van der Waals surface area contributed by atoms with Gasteiger partial charge in [-0.2, -0.15) is 10.4 Å². The molecule has 1 aromatic heterocycles. The lowest BCUT2D eigenvalue weighted by Crippen LogP contribution is -2.05. The number of fused-ring (bicyclic) bond motifs is 1.